The fourth-order valence-electron chi connectivity index (χ4n) is 2.58. The lowest BCUT2D eigenvalue weighted by atomic mass is 9.90. The van der Waals surface area contributed by atoms with Crippen molar-refractivity contribution in [2.24, 2.45) is 0 Å². The first-order valence-corrected chi connectivity index (χ1v) is 7.95. The van der Waals surface area contributed by atoms with Crippen LogP contribution in [-0.2, 0) is 16.1 Å². The monoisotopic (exact) mass is 309 g/mol. The Morgan fingerprint density at radius 3 is 2.90 bits per heavy atom. The number of carbonyl (C=O) groups excluding carboxylic acids is 2. The van der Waals surface area contributed by atoms with E-state index in [1.54, 1.807) is 16.4 Å². The highest BCUT2D eigenvalue weighted by atomic mass is 32.1. The fourth-order valence-corrected chi connectivity index (χ4v) is 3.60. The summed E-state index contributed by atoms with van der Waals surface area (Å²) in [6, 6.07) is 0.341. The zero-order valence-electron chi connectivity index (χ0n) is 12.4. The van der Waals surface area contributed by atoms with Gasteiger partial charge in [0.25, 0.3) is 0 Å². The van der Waals surface area contributed by atoms with Crippen LogP contribution in [0.4, 0.5) is 5.00 Å². The zero-order chi connectivity index (χ0) is 15.2. The summed E-state index contributed by atoms with van der Waals surface area (Å²) in [6.45, 7) is 6.54. The highest BCUT2D eigenvalue weighted by Gasteiger charge is 2.48. The van der Waals surface area contributed by atoms with Gasteiger partial charge in [0.05, 0.1) is 11.5 Å². The second kappa shape index (κ2) is 4.99. The van der Waals surface area contributed by atoms with Crippen LogP contribution in [0.25, 0.3) is 0 Å². The first-order valence-electron chi connectivity index (χ1n) is 7.07. The Labute approximate surface area is 127 Å². The number of thiophene rings is 1. The van der Waals surface area contributed by atoms with Crippen LogP contribution in [-0.4, -0.2) is 28.5 Å². The van der Waals surface area contributed by atoms with Gasteiger partial charge in [0.1, 0.15) is 5.54 Å². The molecule has 0 aromatic carbocycles. The molecular weight excluding hydrogens is 290 g/mol. The summed E-state index contributed by atoms with van der Waals surface area (Å²) in [5.74, 6) is 0.299. The lowest BCUT2D eigenvalue weighted by molar-refractivity contribution is -0.169. The van der Waals surface area contributed by atoms with Crippen LogP contribution in [0.2, 0.25) is 0 Å². The SMILES string of the molecule is CC(C)Nc1scc2c1CN([C@@]1(C)CCC(=O)NC1=O)O2. The maximum atomic E-state index is 12.2. The number of fused-ring (bicyclic) bond motifs is 1. The van der Waals surface area contributed by atoms with Gasteiger partial charge in [0.2, 0.25) is 11.8 Å². The van der Waals surface area contributed by atoms with Gasteiger partial charge in [-0.1, -0.05) is 0 Å². The van der Waals surface area contributed by atoms with Crippen molar-refractivity contribution in [2.75, 3.05) is 5.32 Å². The molecular formula is C14H19N3O3S. The largest absolute Gasteiger partial charge is 0.403 e. The quantitative estimate of drug-likeness (QED) is 0.834. The number of piperidine rings is 1. The maximum absolute atomic E-state index is 12.2. The number of rotatable bonds is 3. The van der Waals surface area contributed by atoms with Gasteiger partial charge < -0.3 is 10.2 Å². The molecule has 3 rings (SSSR count). The van der Waals surface area contributed by atoms with Crippen molar-refractivity contribution >= 4 is 28.2 Å². The Morgan fingerprint density at radius 2 is 2.24 bits per heavy atom. The van der Waals surface area contributed by atoms with Crippen molar-refractivity contribution in [1.29, 1.82) is 0 Å². The number of hydrogen-bond donors (Lipinski definition) is 2. The Hall–Kier alpha value is -1.60. The Kier molecular flexibility index (Phi) is 3.41. The van der Waals surface area contributed by atoms with Gasteiger partial charge in [-0.2, -0.15) is 0 Å². The van der Waals surface area contributed by atoms with E-state index in [2.05, 4.69) is 24.5 Å². The molecule has 0 radical (unpaired) electrons. The summed E-state index contributed by atoms with van der Waals surface area (Å²) < 4.78 is 0. The van der Waals surface area contributed by atoms with Gasteiger partial charge >= 0.3 is 0 Å². The van der Waals surface area contributed by atoms with Gasteiger partial charge in [-0.3, -0.25) is 14.9 Å². The average Bonchev–Trinajstić information content (AvgIpc) is 2.96. The van der Waals surface area contributed by atoms with Crippen LogP contribution in [0.1, 0.15) is 39.2 Å². The zero-order valence-corrected chi connectivity index (χ0v) is 13.2. The van der Waals surface area contributed by atoms with E-state index in [1.807, 2.05) is 12.3 Å². The standard InChI is InChI=1S/C14H19N3O3S/c1-8(2)15-12-9-6-17(20-10(9)7-21-12)14(3)5-4-11(18)16-13(14)19/h7-8,15H,4-6H2,1-3H3,(H,16,18,19)/t14-/m0/s1. The van der Waals surface area contributed by atoms with Gasteiger partial charge in [-0.15, -0.1) is 16.4 Å². The lowest BCUT2D eigenvalue weighted by Crippen LogP contribution is -2.60. The van der Waals surface area contributed by atoms with Crippen LogP contribution >= 0.6 is 11.3 Å². The molecule has 3 heterocycles. The normalized spacial score (nSPS) is 25.7. The first-order chi connectivity index (χ1) is 9.90. The summed E-state index contributed by atoms with van der Waals surface area (Å²) in [5, 5.41) is 10.5. The minimum Gasteiger partial charge on any atom is -0.403 e. The van der Waals surface area contributed by atoms with Crippen molar-refractivity contribution in [2.45, 2.75) is 51.7 Å². The summed E-state index contributed by atoms with van der Waals surface area (Å²) in [7, 11) is 0. The number of carbonyl (C=O) groups is 2. The molecule has 0 unspecified atom stereocenters. The number of nitrogens with zero attached hydrogens (tertiary/aromatic N) is 1. The van der Waals surface area contributed by atoms with Crippen LogP contribution in [0.3, 0.4) is 0 Å². The molecule has 1 atom stereocenters. The van der Waals surface area contributed by atoms with Crippen molar-refractivity contribution in [3.8, 4) is 5.75 Å². The summed E-state index contributed by atoms with van der Waals surface area (Å²) in [5.41, 5.74) is 0.277. The van der Waals surface area contributed by atoms with Crippen molar-refractivity contribution in [3.63, 3.8) is 0 Å². The van der Waals surface area contributed by atoms with Crippen molar-refractivity contribution < 1.29 is 14.4 Å². The third kappa shape index (κ3) is 2.40. The lowest BCUT2D eigenvalue weighted by Gasteiger charge is -2.37. The Balaban J connectivity index is 1.79. The smallest absolute Gasteiger partial charge is 0.250 e. The van der Waals surface area contributed by atoms with Gasteiger partial charge in [0.15, 0.2) is 5.75 Å². The molecule has 1 fully saturated rings. The van der Waals surface area contributed by atoms with Crippen LogP contribution in [0.5, 0.6) is 5.75 Å². The minimum absolute atomic E-state index is 0.215. The second-order valence-electron chi connectivity index (χ2n) is 5.99. The number of anilines is 1. The Bertz CT molecular complexity index is 598. The average molecular weight is 309 g/mol. The van der Waals surface area contributed by atoms with E-state index >= 15 is 0 Å². The summed E-state index contributed by atoms with van der Waals surface area (Å²) in [4.78, 5) is 29.4. The number of nitrogens with one attached hydrogen (secondary N) is 2. The second-order valence-corrected chi connectivity index (χ2v) is 6.87. The van der Waals surface area contributed by atoms with E-state index in [1.165, 1.54) is 0 Å². The van der Waals surface area contributed by atoms with E-state index in [9.17, 15) is 9.59 Å². The van der Waals surface area contributed by atoms with E-state index in [0.717, 1.165) is 16.3 Å². The van der Waals surface area contributed by atoms with E-state index in [4.69, 9.17) is 4.84 Å². The molecule has 0 saturated carbocycles. The third-order valence-electron chi connectivity index (χ3n) is 3.92. The molecule has 114 valence electrons. The molecule has 2 amide bonds. The fraction of sp³-hybridized carbons (Fsp3) is 0.571. The number of amides is 2. The van der Waals surface area contributed by atoms with E-state index in [0.29, 0.717) is 25.4 Å². The van der Waals surface area contributed by atoms with Gasteiger partial charge in [0, 0.05) is 23.4 Å². The van der Waals surface area contributed by atoms with Gasteiger partial charge in [-0.25, -0.2) is 0 Å². The molecule has 1 aromatic rings. The maximum Gasteiger partial charge on any atom is 0.250 e. The molecule has 2 aliphatic heterocycles. The van der Waals surface area contributed by atoms with Crippen LogP contribution in [0, 0.1) is 0 Å². The molecule has 2 N–H and O–H groups in total. The number of hydroxylamine groups is 2. The predicted octanol–water partition coefficient (Wildman–Crippen LogP) is 1.87. The molecule has 0 bridgehead atoms. The van der Waals surface area contributed by atoms with E-state index in [-0.39, 0.29) is 11.8 Å². The van der Waals surface area contributed by atoms with Crippen LogP contribution < -0.4 is 15.5 Å². The minimum atomic E-state index is -0.806. The molecule has 0 aliphatic carbocycles. The summed E-state index contributed by atoms with van der Waals surface area (Å²) >= 11 is 1.61. The van der Waals surface area contributed by atoms with Crippen molar-refractivity contribution in [3.05, 3.63) is 10.9 Å². The van der Waals surface area contributed by atoms with Gasteiger partial charge in [-0.05, 0) is 27.2 Å². The summed E-state index contributed by atoms with van der Waals surface area (Å²) in [6.07, 6.45) is 0.810. The third-order valence-corrected chi connectivity index (χ3v) is 4.85. The molecule has 7 heteroatoms. The molecule has 1 saturated heterocycles. The van der Waals surface area contributed by atoms with E-state index < -0.39 is 5.54 Å². The topological polar surface area (TPSA) is 70.7 Å². The molecule has 21 heavy (non-hydrogen) atoms. The Morgan fingerprint density at radius 1 is 1.48 bits per heavy atom. The predicted molar refractivity (Wildman–Crippen MR) is 80.0 cm³/mol. The highest BCUT2D eigenvalue weighted by Crippen LogP contribution is 2.43. The molecule has 2 aliphatic rings. The number of imide groups is 1. The molecule has 6 nitrogen and oxygen atoms in total. The molecule has 0 spiro atoms. The van der Waals surface area contributed by atoms with Crippen LogP contribution in [0.15, 0.2) is 5.38 Å². The van der Waals surface area contributed by atoms with Crippen molar-refractivity contribution in [1.82, 2.24) is 10.4 Å². The number of hydrogen-bond acceptors (Lipinski definition) is 6. The first kappa shape index (κ1) is 14.3. The molecule has 1 aromatic heterocycles. The highest BCUT2D eigenvalue weighted by molar-refractivity contribution is 7.14.